The van der Waals surface area contributed by atoms with Crippen LogP contribution in [0.1, 0.15) is 32.4 Å². The Morgan fingerprint density at radius 1 is 1.46 bits per heavy atom. The van der Waals surface area contributed by atoms with Crippen LogP contribution in [0.3, 0.4) is 0 Å². The highest BCUT2D eigenvalue weighted by Gasteiger charge is 1.98. The molecule has 74 valence electrons. The van der Waals surface area contributed by atoms with Crippen molar-refractivity contribution in [2.45, 2.75) is 39.8 Å². The molecule has 0 aromatic carbocycles. The van der Waals surface area contributed by atoms with Crippen LogP contribution in [0.4, 0.5) is 0 Å². The molecule has 13 heavy (non-hydrogen) atoms. The number of hydrogen-bond donors (Lipinski definition) is 1. The minimum Gasteiger partial charge on any atom is -0.334 e. The van der Waals surface area contributed by atoms with Crippen molar-refractivity contribution in [1.82, 2.24) is 14.9 Å². The van der Waals surface area contributed by atoms with Gasteiger partial charge < -0.3 is 9.88 Å². The maximum atomic E-state index is 4.11. The number of aryl methyl sites for hydroxylation is 1. The fraction of sp³-hybridized carbons (Fsp3) is 0.700. The molecule has 3 heteroatoms. The molecule has 1 N–H and O–H groups in total. The van der Waals surface area contributed by atoms with Gasteiger partial charge in [0.2, 0.25) is 0 Å². The van der Waals surface area contributed by atoms with Crippen LogP contribution in [-0.4, -0.2) is 16.1 Å². The zero-order chi connectivity index (χ0) is 9.52. The minimum atomic E-state index is 0.938. The summed E-state index contributed by atoms with van der Waals surface area (Å²) in [5.74, 6) is 0. The standard InChI is InChI=1S/C10H19N3/c1-3-5-6-11-7-10-8-12-9-13(10)4-2/h8-9,11H,3-7H2,1-2H3. The first-order valence-electron chi connectivity index (χ1n) is 5.08. The van der Waals surface area contributed by atoms with Gasteiger partial charge in [0.15, 0.2) is 0 Å². The molecule has 0 saturated heterocycles. The molecule has 1 aromatic rings. The van der Waals surface area contributed by atoms with E-state index in [1.807, 2.05) is 12.5 Å². The van der Waals surface area contributed by atoms with E-state index in [-0.39, 0.29) is 0 Å². The summed E-state index contributed by atoms with van der Waals surface area (Å²) in [5, 5.41) is 3.40. The molecule has 0 aliphatic carbocycles. The van der Waals surface area contributed by atoms with E-state index in [1.54, 1.807) is 0 Å². The normalized spacial score (nSPS) is 10.6. The average molecular weight is 181 g/mol. The van der Waals surface area contributed by atoms with E-state index < -0.39 is 0 Å². The zero-order valence-electron chi connectivity index (χ0n) is 8.58. The van der Waals surface area contributed by atoms with Gasteiger partial charge in [0.25, 0.3) is 0 Å². The van der Waals surface area contributed by atoms with Crippen molar-refractivity contribution in [2.75, 3.05) is 6.54 Å². The molecule has 1 rings (SSSR count). The van der Waals surface area contributed by atoms with E-state index in [4.69, 9.17) is 0 Å². The van der Waals surface area contributed by atoms with Crippen LogP contribution in [0.15, 0.2) is 12.5 Å². The fourth-order valence-electron chi connectivity index (χ4n) is 1.30. The highest BCUT2D eigenvalue weighted by molar-refractivity contribution is 4.97. The summed E-state index contributed by atoms with van der Waals surface area (Å²) in [4.78, 5) is 4.11. The molecular weight excluding hydrogens is 162 g/mol. The lowest BCUT2D eigenvalue weighted by atomic mass is 10.3. The van der Waals surface area contributed by atoms with Gasteiger partial charge >= 0.3 is 0 Å². The first-order valence-corrected chi connectivity index (χ1v) is 5.08. The van der Waals surface area contributed by atoms with Gasteiger partial charge in [0, 0.05) is 19.3 Å². The van der Waals surface area contributed by atoms with Crippen molar-refractivity contribution in [3.8, 4) is 0 Å². The molecule has 1 aromatic heterocycles. The Kier molecular flexibility index (Phi) is 4.54. The first kappa shape index (κ1) is 10.3. The summed E-state index contributed by atoms with van der Waals surface area (Å²) in [6.45, 7) is 7.39. The molecule has 0 spiro atoms. The molecule has 0 aliphatic rings. The number of nitrogens with one attached hydrogen (secondary N) is 1. The maximum Gasteiger partial charge on any atom is 0.0948 e. The van der Waals surface area contributed by atoms with Gasteiger partial charge in [-0.1, -0.05) is 13.3 Å². The smallest absolute Gasteiger partial charge is 0.0948 e. The Hall–Kier alpha value is -0.830. The van der Waals surface area contributed by atoms with Gasteiger partial charge in [-0.05, 0) is 19.9 Å². The molecule has 3 nitrogen and oxygen atoms in total. The SMILES string of the molecule is CCCCNCc1cncn1CC. The molecule has 0 unspecified atom stereocenters. The predicted octanol–water partition coefficient (Wildman–Crippen LogP) is 1.79. The van der Waals surface area contributed by atoms with Crippen molar-refractivity contribution < 1.29 is 0 Å². The van der Waals surface area contributed by atoms with Gasteiger partial charge in [-0.15, -0.1) is 0 Å². The maximum absolute atomic E-state index is 4.11. The lowest BCUT2D eigenvalue weighted by Gasteiger charge is -2.05. The lowest BCUT2D eigenvalue weighted by Crippen LogP contribution is -2.16. The molecule has 0 saturated carbocycles. The molecule has 1 heterocycles. The highest BCUT2D eigenvalue weighted by Crippen LogP contribution is 1.98. The van der Waals surface area contributed by atoms with Crippen LogP contribution in [-0.2, 0) is 13.1 Å². The number of imidazole rings is 1. The lowest BCUT2D eigenvalue weighted by molar-refractivity contribution is 0.604. The first-order chi connectivity index (χ1) is 6.38. The second kappa shape index (κ2) is 5.75. The second-order valence-electron chi connectivity index (χ2n) is 3.20. The average Bonchev–Trinajstić information content (AvgIpc) is 2.60. The van der Waals surface area contributed by atoms with E-state index in [2.05, 4.69) is 28.7 Å². The van der Waals surface area contributed by atoms with E-state index in [0.717, 1.165) is 19.6 Å². The van der Waals surface area contributed by atoms with Crippen LogP contribution in [0.25, 0.3) is 0 Å². The summed E-state index contributed by atoms with van der Waals surface area (Å²) >= 11 is 0. The van der Waals surface area contributed by atoms with E-state index in [0.29, 0.717) is 0 Å². The second-order valence-corrected chi connectivity index (χ2v) is 3.20. The topological polar surface area (TPSA) is 29.9 Å². The van der Waals surface area contributed by atoms with E-state index >= 15 is 0 Å². The van der Waals surface area contributed by atoms with Crippen molar-refractivity contribution in [1.29, 1.82) is 0 Å². The number of unbranched alkanes of at least 4 members (excludes halogenated alkanes) is 1. The summed E-state index contributed by atoms with van der Waals surface area (Å²) in [7, 11) is 0. The van der Waals surface area contributed by atoms with E-state index in [9.17, 15) is 0 Å². The van der Waals surface area contributed by atoms with Crippen molar-refractivity contribution >= 4 is 0 Å². The van der Waals surface area contributed by atoms with Crippen molar-refractivity contribution in [3.63, 3.8) is 0 Å². The van der Waals surface area contributed by atoms with Gasteiger partial charge in [-0.3, -0.25) is 0 Å². The van der Waals surface area contributed by atoms with Crippen LogP contribution in [0.2, 0.25) is 0 Å². The molecule has 0 bridgehead atoms. The summed E-state index contributed by atoms with van der Waals surface area (Å²) in [5.41, 5.74) is 1.28. The third-order valence-corrected chi connectivity index (χ3v) is 2.15. The zero-order valence-corrected chi connectivity index (χ0v) is 8.58. The van der Waals surface area contributed by atoms with Crippen LogP contribution < -0.4 is 5.32 Å². The molecule has 0 radical (unpaired) electrons. The molecule has 0 amide bonds. The number of nitrogens with zero attached hydrogens (tertiary/aromatic N) is 2. The number of rotatable bonds is 6. The fourth-order valence-corrected chi connectivity index (χ4v) is 1.30. The number of aromatic nitrogens is 2. The van der Waals surface area contributed by atoms with E-state index in [1.165, 1.54) is 18.5 Å². The van der Waals surface area contributed by atoms with Crippen molar-refractivity contribution in [2.24, 2.45) is 0 Å². The van der Waals surface area contributed by atoms with Crippen LogP contribution in [0, 0.1) is 0 Å². The van der Waals surface area contributed by atoms with Gasteiger partial charge in [-0.2, -0.15) is 0 Å². The molecular formula is C10H19N3. The third kappa shape index (κ3) is 3.19. The van der Waals surface area contributed by atoms with Gasteiger partial charge in [-0.25, -0.2) is 4.98 Å². The van der Waals surface area contributed by atoms with Gasteiger partial charge in [0.1, 0.15) is 0 Å². The summed E-state index contributed by atoms with van der Waals surface area (Å²) in [6, 6.07) is 0. The quantitative estimate of drug-likeness (QED) is 0.678. The van der Waals surface area contributed by atoms with Crippen LogP contribution >= 0.6 is 0 Å². The Morgan fingerprint density at radius 2 is 2.31 bits per heavy atom. The monoisotopic (exact) mass is 181 g/mol. The van der Waals surface area contributed by atoms with Crippen LogP contribution in [0.5, 0.6) is 0 Å². The number of hydrogen-bond acceptors (Lipinski definition) is 2. The Labute approximate surface area is 80.2 Å². The molecule has 0 aliphatic heterocycles. The summed E-state index contributed by atoms with van der Waals surface area (Å²) < 4.78 is 2.17. The van der Waals surface area contributed by atoms with Crippen molar-refractivity contribution in [3.05, 3.63) is 18.2 Å². The largest absolute Gasteiger partial charge is 0.334 e. The Balaban J connectivity index is 2.27. The summed E-state index contributed by atoms with van der Waals surface area (Å²) in [6.07, 6.45) is 6.32. The minimum absolute atomic E-state index is 0.938. The molecule has 0 atom stereocenters. The third-order valence-electron chi connectivity index (χ3n) is 2.15. The Bertz CT molecular complexity index is 230. The Morgan fingerprint density at radius 3 is 3.00 bits per heavy atom. The highest BCUT2D eigenvalue weighted by atomic mass is 15.1. The predicted molar refractivity (Wildman–Crippen MR) is 54.5 cm³/mol. The van der Waals surface area contributed by atoms with Gasteiger partial charge in [0.05, 0.1) is 12.0 Å². The molecule has 0 fully saturated rings.